The molecule has 5 saturated heterocycles. The third-order valence-electron chi connectivity index (χ3n) is 14.2. The molecule has 11 rings (SSSR count). The van der Waals surface area contributed by atoms with E-state index in [1.165, 1.54) is 128 Å². The standard InChI is InChI=1S/C17H14N2O6S3.C14H10N2O4S3.C11H9NO4S.2C8H11NO3S2.C6H15N.C3H5BrO2.C3H3NOS2.C2H5B2O3/c18-28(23,24)12-4-1-10(2-5-12)13-6-3-11(25-13)9-14-16(22)19(17(26)27-14)8-7-15(20)21;15-23(18,19)10-4-1-8(2-5-10)11-6-3-9(20-11)7-12-13(17)16-14(21)22-12;12-17(14,15)10-4-1-8(2-5-10)11-6-3-9(7-13)16-11;2*1-8(2,3)12-6(11)9-5(10)4-14-7(9)13;1-4-7(5-2)6-3;4-2-1-3(5)6;5-2-1-7-3(6)4-2;1-3-7-6-2-4-5/h1-6,9H,7-8H2,(H,20,21)(H2,18,23,24);1-7H,(H2,15,18,19)(H,16,17,21);1-7H,(H2,12,14,15);2*4H2,1-3H3;4-6H2,1-3H3;1-2H2,(H,5,6);1H2,(H,4,5,6);2H2,1H3/b14-9+;12-7+;;;;;;;. The second-order valence-corrected chi connectivity index (χ2v) is 39.4. The molecule has 35 nitrogen and oxygen atoms in total. The van der Waals surface area contributed by atoms with Gasteiger partial charge in [0.2, 0.25) is 47.8 Å². The van der Waals surface area contributed by atoms with Crippen LogP contribution in [0, 0.1) is 0 Å². The molecule has 3 aromatic heterocycles. The van der Waals surface area contributed by atoms with Gasteiger partial charge in [-0.15, -0.1) is 0 Å². The summed E-state index contributed by atoms with van der Waals surface area (Å²) in [7, 11) is -9.22. The number of aldehydes is 1. The molecule has 8 heterocycles. The zero-order valence-corrected chi connectivity index (χ0v) is 79.2. The third kappa shape index (κ3) is 40.5. The molecule has 3 aromatic carbocycles. The average Bonchev–Trinajstić information content (AvgIpc) is 1.71. The number of furan rings is 3. The number of amides is 7. The zero-order valence-electron chi connectivity index (χ0n) is 67.0. The van der Waals surface area contributed by atoms with Gasteiger partial charge in [-0.05, 0) is 170 Å². The summed E-state index contributed by atoms with van der Waals surface area (Å²) in [5.41, 5.74) is 0.785. The number of primary sulfonamides is 3. The first-order valence-electron chi connectivity index (χ1n) is 35.2. The Morgan fingerprint density at radius 2 is 0.951 bits per heavy atom. The van der Waals surface area contributed by atoms with Crippen LogP contribution in [0.1, 0.15) is 97.2 Å². The van der Waals surface area contributed by atoms with E-state index in [1.54, 1.807) is 121 Å². The molecule has 10 N–H and O–H groups in total. The fourth-order valence-corrected chi connectivity index (χ4v) is 15.7. The maximum absolute atomic E-state index is 12.4. The number of nitrogens with two attached hydrogens (primary N) is 3. The van der Waals surface area contributed by atoms with Crippen molar-refractivity contribution < 1.29 is 121 Å². The Morgan fingerprint density at radius 1 is 0.561 bits per heavy atom. The maximum Gasteiger partial charge on any atom is 0.305 e. The summed E-state index contributed by atoms with van der Waals surface area (Å²) in [5.74, 6) is 0.590. The Balaban J connectivity index is 0.000000375. The first-order valence-corrected chi connectivity index (χ1v) is 47.6. The van der Waals surface area contributed by atoms with Crippen LogP contribution in [0.15, 0.2) is 147 Å². The second-order valence-electron chi connectivity index (χ2n) is 25.6. The fourth-order valence-electron chi connectivity index (χ4n) is 8.63. The van der Waals surface area contributed by atoms with Crippen molar-refractivity contribution in [2.24, 2.45) is 15.4 Å². The number of nitrogens with zero attached hydrogens (tertiary/aromatic N) is 4. The Bertz CT molecular complexity index is 5120. The van der Waals surface area contributed by atoms with Crippen molar-refractivity contribution in [2.45, 2.75) is 108 Å². The molecule has 5 aliphatic rings. The van der Waals surface area contributed by atoms with Gasteiger partial charge in [0, 0.05) is 40.7 Å². The SMILES string of the molecule is CC(C)(C)OC(=O)N1C(=O)CSC1=S.CC(C)(C)OC(=O)N1C(=O)CSC1=S.CCN(CC)CC.C[B]OOCB=O.NS(=O)(=O)c1ccc(-c2ccc(/C=C3/SC(=S)N(CCC(=O)O)C3=O)o2)cc1.NS(=O)(=O)c1ccc(-c2ccc(/C=C3/SC(=S)NC3=O)o2)cc1.NS(=O)(=O)c1ccc(-c2ccc(C=O)o2)cc1.O=C(O)CCBr.O=C1CSC(=S)N1. The van der Waals surface area contributed by atoms with E-state index in [-0.39, 0.29) is 96.0 Å². The van der Waals surface area contributed by atoms with Gasteiger partial charge < -0.3 is 48.5 Å². The summed E-state index contributed by atoms with van der Waals surface area (Å²) in [6, 6.07) is 27.7. The van der Waals surface area contributed by atoms with Crippen LogP contribution in [0.4, 0.5) is 9.59 Å². The molecule has 51 heteroatoms. The van der Waals surface area contributed by atoms with Crippen molar-refractivity contribution in [2.75, 3.05) is 55.3 Å². The molecule has 6 aromatic rings. The summed E-state index contributed by atoms with van der Waals surface area (Å²) in [6.45, 7) is 22.2. The molecule has 5 fully saturated rings. The average molecular weight is 2010 g/mol. The number of halogens is 1. The molecule has 1 radical (unpaired) electrons. The van der Waals surface area contributed by atoms with Gasteiger partial charge in [-0.3, -0.25) is 43.3 Å². The second kappa shape index (κ2) is 52.9. The number of carbonyl (C=O) groups excluding carboxylic acids is 8. The number of carbonyl (C=O) groups is 10. The number of rotatable bonds is 21. The number of alkyl halides is 1. The van der Waals surface area contributed by atoms with Crippen LogP contribution >= 0.6 is 136 Å². The third-order valence-corrected chi connectivity index (χ3v) is 23.9. The van der Waals surface area contributed by atoms with Crippen molar-refractivity contribution in [3.8, 4) is 34.0 Å². The number of nitrogens with one attached hydrogen (secondary N) is 2. The number of thioether (sulfide) groups is 5. The molecule has 0 spiro atoms. The largest absolute Gasteiger partial charge is 0.481 e. The van der Waals surface area contributed by atoms with Crippen molar-refractivity contribution in [3.05, 3.63) is 136 Å². The first kappa shape index (κ1) is 109. The van der Waals surface area contributed by atoms with E-state index in [4.69, 9.17) is 97.2 Å². The molecule has 0 atom stereocenters. The van der Waals surface area contributed by atoms with E-state index in [9.17, 15) is 77.9 Å². The minimum Gasteiger partial charge on any atom is -0.481 e. The molecule has 0 saturated carbocycles. The molecule has 7 amide bonds. The number of carboxylic acids is 2. The van der Waals surface area contributed by atoms with Crippen molar-refractivity contribution in [1.82, 2.24) is 30.2 Å². The predicted octanol–water partition coefficient (Wildman–Crippen LogP) is 11.3. The van der Waals surface area contributed by atoms with E-state index >= 15 is 0 Å². The van der Waals surface area contributed by atoms with Crippen LogP contribution in [-0.4, -0.2) is 218 Å². The van der Waals surface area contributed by atoms with E-state index < -0.39 is 65.4 Å². The van der Waals surface area contributed by atoms with Crippen molar-refractivity contribution in [3.63, 3.8) is 0 Å². The van der Waals surface area contributed by atoms with Gasteiger partial charge in [0.05, 0.1) is 54.6 Å². The van der Waals surface area contributed by atoms with Gasteiger partial charge >= 0.3 is 66.5 Å². The molecule has 5 aliphatic heterocycles. The Kier molecular flexibility index (Phi) is 47.0. The van der Waals surface area contributed by atoms with Crippen LogP contribution in [0.3, 0.4) is 0 Å². The van der Waals surface area contributed by atoms with Gasteiger partial charge in [0.1, 0.15) is 53.0 Å². The predicted molar refractivity (Wildman–Crippen MR) is 494 cm³/mol. The van der Waals surface area contributed by atoms with Gasteiger partial charge in [0.25, 0.3) is 11.8 Å². The summed E-state index contributed by atoms with van der Waals surface area (Å²) >= 11 is 33.3. The number of aliphatic carboxylic acids is 2. The van der Waals surface area contributed by atoms with Crippen molar-refractivity contribution >= 4 is 274 Å². The number of hydrogen-bond acceptors (Lipinski definition) is 35. The zero-order chi connectivity index (χ0) is 92.9. The number of imide groups is 2. The molecule has 663 valence electrons. The van der Waals surface area contributed by atoms with Gasteiger partial charge in [0.15, 0.2) is 20.7 Å². The number of hydrogen-bond donors (Lipinski definition) is 7. The van der Waals surface area contributed by atoms with E-state index in [1.807, 2.05) is 0 Å². The van der Waals surface area contributed by atoms with Crippen LogP contribution in [-0.2, 0) is 87.5 Å². The molecule has 0 unspecified atom stereocenters. The molecule has 123 heavy (non-hydrogen) atoms. The summed E-state index contributed by atoms with van der Waals surface area (Å²) < 4.78 is 105. The summed E-state index contributed by atoms with van der Waals surface area (Å²) in [4.78, 5) is 125. The van der Waals surface area contributed by atoms with E-state index in [0.717, 1.165) is 21.6 Å². The minimum atomic E-state index is -3.77. The maximum atomic E-state index is 12.4. The summed E-state index contributed by atoms with van der Waals surface area (Å²) in [5, 5.41) is 37.3. The molecular weight excluding hydrogens is 1930 g/mol. The topological polar surface area (TPSA) is 522 Å². The fraction of sp³-hybridized carbons (Fsp3) is 0.319. The monoisotopic (exact) mass is 2010 g/mol. The van der Waals surface area contributed by atoms with E-state index in [2.05, 4.69) is 74.1 Å². The normalized spacial score (nSPS) is 14.9. The minimum absolute atomic E-state index is 0.00642. The summed E-state index contributed by atoms with van der Waals surface area (Å²) in [6.07, 6.45) is 2.38. The van der Waals surface area contributed by atoms with Crippen LogP contribution in [0.5, 0.6) is 0 Å². The van der Waals surface area contributed by atoms with Gasteiger partial charge in [-0.1, -0.05) is 157 Å². The van der Waals surface area contributed by atoms with Crippen LogP contribution in [0.2, 0.25) is 6.82 Å². The Labute approximate surface area is 767 Å². The molecule has 0 aliphatic carbocycles. The van der Waals surface area contributed by atoms with Crippen molar-refractivity contribution in [1.29, 1.82) is 0 Å². The number of ether oxygens (including phenoxy) is 2. The molecule has 0 bridgehead atoms. The number of benzene rings is 3. The number of carboxylic acid groups (broad SMARTS) is 2. The Morgan fingerprint density at radius 3 is 1.21 bits per heavy atom. The van der Waals surface area contributed by atoms with Crippen LogP contribution in [0.25, 0.3) is 46.1 Å². The quantitative estimate of drug-likeness (QED) is 0.00514. The van der Waals surface area contributed by atoms with Gasteiger partial charge in [-0.2, -0.15) is 9.80 Å². The van der Waals surface area contributed by atoms with E-state index in [0.29, 0.717) is 92.8 Å². The first-order chi connectivity index (χ1) is 57.4. The van der Waals surface area contributed by atoms with Crippen LogP contribution < -0.4 is 26.1 Å². The molecular formula is C72H83B2BrN9O26S13. The Hall–Kier alpha value is -7.90. The number of thiocarbonyl (C=S) groups is 5. The number of sulfonamides is 3. The smallest absolute Gasteiger partial charge is 0.305 e. The van der Waals surface area contributed by atoms with Gasteiger partial charge in [-0.25, -0.2) is 50.3 Å².